The highest BCUT2D eigenvalue weighted by Crippen LogP contribution is 2.41. The SMILES string of the molecule is CC(C)(C)OC(=O)NC1(CO)CC1OC(C)(C)C. The van der Waals surface area contributed by atoms with Crippen LogP contribution in [0.15, 0.2) is 0 Å². The minimum Gasteiger partial charge on any atom is -0.444 e. The molecule has 1 fully saturated rings. The molecule has 0 aliphatic heterocycles. The lowest BCUT2D eigenvalue weighted by atomic mass is 10.2. The summed E-state index contributed by atoms with van der Waals surface area (Å²) in [5.41, 5.74) is -1.52. The Labute approximate surface area is 109 Å². The lowest BCUT2D eigenvalue weighted by Crippen LogP contribution is -2.46. The number of ether oxygens (including phenoxy) is 2. The van der Waals surface area contributed by atoms with Gasteiger partial charge in [0.15, 0.2) is 0 Å². The molecule has 0 aromatic rings. The van der Waals surface area contributed by atoms with E-state index in [9.17, 15) is 9.90 Å². The Bertz CT molecular complexity index is 316. The normalized spacial score (nSPS) is 27.8. The van der Waals surface area contributed by atoms with E-state index in [4.69, 9.17) is 9.47 Å². The number of aliphatic hydroxyl groups is 1. The van der Waals surface area contributed by atoms with E-state index >= 15 is 0 Å². The largest absolute Gasteiger partial charge is 0.444 e. The Hall–Kier alpha value is -0.810. The van der Waals surface area contributed by atoms with Crippen molar-refractivity contribution in [3.8, 4) is 0 Å². The molecule has 2 N–H and O–H groups in total. The predicted molar refractivity (Wildman–Crippen MR) is 68.4 cm³/mol. The molecular formula is C13H25NO4. The van der Waals surface area contributed by atoms with Gasteiger partial charge in [0.1, 0.15) is 5.60 Å². The van der Waals surface area contributed by atoms with Gasteiger partial charge in [-0.2, -0.15) is 0 Å². The Morgan fingerprint density at radius 1 is 1.28 bits per heavy atom. The number of nitrogens with one attached hydrogen (secondary N) is 1. The Balaban J connectivity index is 2.52. The highest BCUT2D eigenvalue weighted by Gasteiger charge is 2.58. The Morgan fingerprint density at radius 3 is 2.22 bits per heavy atom. The third-order valence-electron chi connectivity index (χ3n) is 2.53. The number of rotatable bonds is 3. The number of hydrogen-bond acceptors (Lipinski definition) is 4. The number of alkyl carbamates (subject to hydrolysis) is 1. The van der Waals surface area contributed by atoms with E-state index in [0.29, 0.717) is 6.42 Å². The molecule has 1 rings (SSSR count). The number of hydrogen-bond donors (Lipinski definition) is 2. The maximum atomic E-state index is 11.7. The fourth-order valence-corrected chi connectivity index (χ4v) is 1.70. The summed E-state index contributed by atoms with van der Waals surface area (Å²) in [6.07, 6.45) is -0.0633. The molecule has 0 saturated heterocycles. The average molecular weight is 259 g/mol. The Morgan fingerprint density at radius 2 is 1.83 bits per heavy atom. The Kier molecular flexibility index (Phi) is 3.98. The summed E-state index contributed by atoms with van der Waals surface area (Å²) in [6.45, 7) is 11.1. The summed E-state index contributed by atoms with van der Waals surface area (Å²) >= 11 is 0. The minimum absolute atomic E-state index is 0.146. The molecule has 0 bridgehead atoms. The van der Waals surface area contributed by atoms with Gasteiger partial charge in [-0.1, -0.05) is 0 Å². The van der Waals surface area contributed by atoms with Gasteiger partial charge < -0.3 is 19.9 Å². The molecule has 0 heterocycles. The van der Waals surface area contributed by atoms with Crippen molar-refractivity contribution in [1.29, 1.82) is 0 Å². The summed E-state index contributed by atoms with van der Waals surface area (Å²) in [4.78, 5) is 11.7. The van der Waals surface area contributed by atoms with Crippen LogP contribution in [0.5, 0.6) is 0 Å². The van der Waals surface area contributed by atoms with E-state index in [1.807, 2.05) is 20.8 Å². The van der Waals surface area contributed by atoms with Gasteiger partial charge in [-0.3, -0.25) is 0 Å². The first kappa shape index (κ1) is 15.2. The second-order valence-electron chi connectivity index (χ2n) is 6.86. The molecule has 2 atom stereocenters. The number of carbonyl (C=O) groups excluding carboxylic acids is 1. The van der Waals surface area contributed by atoms with Gasteiger partial charge in [-0.05, 0) is 41.5 Å². The highest BCUT2D eigenvalue weighted by molar-refractivity contribution is 5.69. The van der Waals surface area contributed by atoms with Crippen molar-refractivity contribution in [2.45, 2.75) is 70.8 Å². The number of carbonyl (C=O) groups is 1. The number of amides is 1. The zero-order valence-electron chi connectivity index (χ0n) is 12.2. The molecule has 5 nitrogen and oxygen atoms in total. The van der Waals surface area contributed by atoms with Crippen molar-refractivity contribution < 1.29 is 19.4 Å². The summed E-state index contributed by atoms with van der Waals surface area (Å²) in [5, 5.41) is 12.1. The van der Waals surface area contributed by atoms with E-state index in [0.717, 1.165) is 0 Å². The zero-order valence-corrected chi connectivity index (χ0v) is 12.2. The molecule has 18 heavy (non-hydrogen) atoms. The first-order chi connectivity index (χ1) is 7.97. The van der Waals surface area contributed by atoms with Gasteiger partial charge in [-0.25, -0.2) is 4.79 Å². The van der Waals surface area contributed by atoms with Crippen molar-refractivity contribution in [2.75, 3.05) is 6.61 Å². The second-order valence-corrected chi connectivity index (χ2v) is 6.86. The van der Waals surface area contributed by atoms with Crippen LogP contribution in [0.3, 0.4) is 0 Å². The van der Waals surface area contributed by atoms with Crippen LogP contribution in [0.1, 0.15) is 48.0 Å². The van der Waals surface area contributed by atoms with E-state index in [2.05, 4.69) is 5.32 Å². The highest BCUT2D eigenvalue weighted by atomic mass is 16.6. The zero-order chi connectivity index (χ0) is 14.2. The molecule has 106 valence electrons. The van der Waals surface area contributed by atoms with Crippen LogP contribution in [0.25, 0.3) is 0 Å². The van der Waals surface area contributed by atoms with E-state index in [1.54, 1.807) is 20.8 Å². The first-order valence-electron chi connectivity index (χ1n) is 6.27. The van der Waals surface area contributed by atoms with Crippen molar-refractivity contribution in [3.63, 3.8) is 0 Å². The molecule has 0 aromatic heterocycles. The van der Waals surface area contributed by atoms with Crippen molar-refractivity contribution in [1.82, 2.24) is 5.32 Å². The quantitative estimate of drug-likeness (QED) is 0.811. The molecule has 0 radical (unpaired) electrons. The third kappa shape index (κ3) is 4.46. The van der Waals surface area contributed by atoms with Crippen LogP contribution in [0, 0.1) is 0 Å². The van der Waals surface area contributed by atoms with Crippen molar-refractivity contribution in [3.05, 3.63) is 0 Å². The molecule has 1 aliphatic rings. The third-order valence-corrected chi connectivity index (χ3v) is 2.53. The van der Waals surface area contributed by atoms with Crippen LogP contribution in [0.4, 0.5) is 4.79 Å². The van der Waals surface area contributed by atoms with Crippen molar-refractivity contribution >= 4 is 6.09 Å². The van der Waals surface area contributed by atoms with Gasteiger partial charge in [-0.15, -0.1) is 0 Å². The molecule has 1 amide bonds. The van der Waals surface area contributed by atoms with Gasteiger partial charge in [0.25, 0.3) is 0 Å². The van der Waals surface area contributed by atoms with Crippen LogP contribution < -0.4 is 5.32 Å². The lowest BCUT2D eigenvalue weighted by molar-refractivity contribution is -0.0331. The first-order valence-corrected chi connectivity index (χ1v) is 6.27. The maximum absolute atomic E-state index is 11.7. The summed E-state index contributed by atoms with van der Waals surface area (Å²) in [6, 6.07) is 0. The maximum Gasteiger partial charge on any atom is 0.408 e. The van der Waals surface area contributed by atoms with Crippen LogP contribution in [0.2, 0.25) is 0 Å². The molecule has 0 aromatic carbocycles. The van der Waals surface area contributed by atoms with Gasteiger partial charge >= 0.3 is 6.09 Å². The number of aliphatic hydroxyl groups excluding tert-OH is 1. The summed E-state index contributed by atoms with van der Waals surface area (Å²) in [7, 11) is 0. The smallest absolute Gasteiger partial charge is 0.408 e. The molecule has 5 heteroatoms. The molecule has 2 unspecified atom stereocenters. The predicted octanol–water partition coefficient (Wildman–Crippen LogP) is 1.83. The molecule has 0 spiro atoms. The summed E-state index contributed by atoms with van der Waals surface area (Å²) < 4.78 is 10.9. The molecule has 1 aliphatic carbocycles. The van der Waals surface area contributed by atoms with Gasteiger partial charge in [0, 0.05) is 6.42 Å². The lowest BCUT2D eigenvalue weighted by Gasteiger charge is -2.25. The standard InChI is InChI=1S/C13H25NO4/c1-11(2,3)17-9-7-13(9,8-15)14-10(16)18-12(4,5)6/h9,15H,7-8H2,1-6H3,(H,14,16). The minimum atomic E-state index is -0.685. The monoisotopic (exact) mass is 259 g/mol. The van der Waals surface area contributed by atoms with Gasteiger partial charge in [0.05, 0.1) is 23.9 Å². The molecular weight excluding hydrogens is 234 g/mol. The van der Waals surface area contributed by atoms with Gasteiger partial charge in [0.2, 0.25) is 0 Å². The fourth-order valence-electron chi connectivity index (χ4n) is 1.70. The second kappa shape index (κ2) is 4.70. The van der Waals surface area contributed by atoms with E-state index in [1.165, 1.54) is 0 Å². The van der Waals surface area contributed by atoms with Crippen LogP contribution >= 0.6 is 0 Å². The van der Waals surface area contributed by atoms with E-state index in [-0.39, 0.29) is 18.3 Å². The molecule has 1 saturated carbocycles. The van der Waals surface area contributed by atoms with Crippen LogP contribution in [-0.2, 0) is 9.47 Å². The van der Waals surface area contributed by atoms with Crippen LogP contribution in [-0.4, -0.2) is 40.7 Å². The van der Waals surface area contributed by atoms with Crippen molar-refractivity contribution in [2.24, 2.45) is 0 Å². The van der Waals surface area contributed by atoms with E-state index < -0.39 is 17.2 Å². The fraction of sp³-hybridized carbons (Fsp3) is 0.923. The topological polar surface area (TPSA) is 67.8 Å². The average Bonchev–Trinajstić information content (AvgIpc) is 2.72. The summed E-state index contributed by atoms with van der Waals surface area (Å²) in [5.74, 6) is 0.